The van der Waals surface area contributed by atoms with Gasteiger partial charge in [-0.1, -0.05) is 34.6 Å². The van der Waals surface area contributed by atoms with Gasteiger partial charge in [0.05, 0.1) is 5.01 Å². The van der Waals surface area contributed by atoms with E-state index in [1.54, 1.807) is 23.6 Å². The van der Waals surface area contributed by atoms with Gasteiger partial charge in [-0.05, 0) is 12.0 Å². The van der Waals surface area contributed by atoms with Crippen molar-refractivity contribution in [3.63, 3.8) is 0 Å². The maximum absolute atomic E-state index is 11.8. The van der Waals surface area contributed by atoms with Crippen molar-refractivity contribution < 1.29 is 9.59 Å². The van der Waals surface area contributed by atoms with Crippen LogP contribution in [-0.4, -0.2) is 22.8 Å². The minimum Gasteiger partial charge on any atom is -0.368 e. The molecule has 0 radical (unpaired) electrons. The Morgan fingerprint density at radius 1 is 1.38 bits per heavy atom. The number of hydrogen-bond acceptors (Lipinski definition) is 4. The monoisotopic (exact) mass is 309 g/mol. The molecule has 0 bridgehead atoms. The van der Waals surface area contributed by atoms with Crippen molar-refractivity contribution in [2.24, 2.45) is 11.7 Å². The third kappa shape index (κ3) is 5.30. The number of amides is 2. The van der Waals surface area contributed by atoms with Gasteiger partial charge >= 0.3 is 0 Å². The van der Waals surface area contributed by atoms with Crippen molar-refractivity contribution in [2.75, 3.05) is 0 Å². The molecule has 0 saturated heterocycles. The molecule has 0 spiro atoms. The highest BCUT2D eigenvalue weighted by Gasteiger charge is 2.20. The molecule has 6 heteroatoms. The molecular formula is C15H23N3O2S. The topological polar surface area (TPSA) is 85.1 Å². The third-order valence-corrected chi connectivity index (χ3v) is 4.22. The molecule has 1 aromatic rings. The fourth-order valence-electron chi connectivity index (χ4n) is 1.64. The standard InChI is InChI=1S/C15H23N3O2S/c1-9(2)12(13(16)20)18-11(19)7-6-10-8-17-14(21-10)15(3,4)5/h6-9,12H,1-5H3,(H2,16,20)(H,18,19)/b7-6+. The molecule has 1 aromatic heterocycles. The summed E-state index contributed by atoms with van der Waals surface area (Å²) in [6.07, 6.45) is 4.84. The average molecular weight is 309 g/mol. The van der Waals surface area contributed by atoms with Gasteiger partial charge in [-0.3, -0.25) is 9.59 Å². The summed E-state index contributed by atoms with van der Waals surface area (Å²) in [6.45, 7) is 9.93. The number of carbonyl (C=O) groups excluding carboxylic acids is 2. The van der Waals surface area contributed by atoms with Gasteiger partial charge in [0.2, 0.25) is 11.8 Å². The first-order chi connectivity index (χ1) is 9.61. The predicted octanol–water partition coefficient (Wildman–Crippen LogP) is 2.08. The largest absolute Gasteiger partial charge is 0.368 e. The molecule has 2 amide bonds. The molecule has 1 heterocycles. The summed E-state index contributed by atoms with van der Waals surface area (Å²) >= 11 is 1.54. The molecule has 0 aliphatic heterocycles. The van der Waals surface area contributed by atoms with E-state index in [0.717, 1.165) is 9.88 Å². The maximum atomic E-state index is 11.8. The number of carbonyl (C=O) groups is 2. The lowest BCUT2D eigenvalue weighted by Crippen LogP contribution is -2.47. The molecule has 0 aromatic carbocycles. The first-order valence-corrected chi connectivity index (χ1v) is 7.67. The minimum absolute atomic E-state index is 0.00623. The summed E-state index contributed by atoms with van der Waals surface area (Å²) in [6, 6.07) is -0.659. The average Bonchev–Trinajstić information content (AvgIpc) is 2.81. The van der Waals surface area contributed by atoms with Gasteiger partial charge in [-0.15, -0.1) is 11.3 Å². The number of rotatable bonds is 5. The number of primary amides is 1. The molecular weight excluding hydrogens is 286 g/mol. The summed E-state index contributed by atoms with van der Waals surface area (Å²) in [7, 11) is 0. The smallest absolute Gasteiger partial charge is 0.244 e. The van der Waals surface area contributed by atoms with E-state index in [0.29, 0.717) is 0 Å². The SMILES string of the molecule is CC(C)C(NC(=O)/C=C/c1cnc(C(C)(C)C)s1)C(N)=O. The predicted molar refractivity (Wildman–Crippen MR) is 85.8 cm³/mol. The highest BCUT2D eigenvalue weighted by molar-refractivity contribution is 7.12. The molecule has 116 valence electrons. The minimum atomic E-state index is -0.659. The first-order valence-electron chi connectivity index (χ1n) is 6.85. The van der Waals surface area contributed by atoms with Crippen LogP contribution in [0.1, 0.15) is 44.5 Å². The van der Waals surface area contributed by atoms with Crippen LogP contribution < -0.4 is 11.1 Å². The van der Waals surface area contributed by atoms with Crippen LogP contribution in [0.25, 0.3) is 6.08 Å². The van der Waals surface area contributed by atoms with Gasteiger partial charge in [0, 0.05) is 22.6 Å². The maximum Gasteiger partial charge on any atom is 0.244 e. The number of nitrogens with zero attached hydrogens (tertiary/aromatic N) is 1. The quantitative estimate of drug-likeness (QED) is 0.817. The van der Waals surface area contributed by atoms with Crippen molar-refractivity contribution in [2.45, 2.75) is 46.1 Å². The van der Waals surface area contributed by atoms with Gasteiger partial charge in [-0.25, -0.2) is 4.98 Å². The highest BCUT2D eigenvalue weighted by atomic mass is 32.1. The van der Waals surface area contributed by atoms with Crippen LogP contribution in [-0.2, 0) is 15.0 Å². The number of nitrogens with one attached hydrogen (secondary N) is 1. The van der Waals surface area contributed by atoms with E-state index in [-0.39, 0.29) is 17.2 Å². The van der Waals surface area contributed by atoms with E-state index in [4.69, 9.17) is 5.73 Å². The molecule has 0 fully saturated rings. The second-order valence-corrected chi connectivity index (χ2v) is 7.35. The molecule has 3 N–H and O–H groups in total. The Morgan fingerprint density at radius 2 is 2.00 bits per heavy atom. The summed E-state index contributed by atoms with van der Waals surface area (Å²) in [4.78, 5) is 28.3. The lowest BCUT2D eigenvalue weighted by Gasteiger charge is -2.17. The lowest BCUT2D eigenvalue weighted by atomic mass is 9.98. The van der Waals surface area contributed by atoms with Gasteiger partial charge < -0.3 is 11.1 Å². The number of thiazole rings is 1. The molecule has 5 nitrogen and oxygen atoms in total. The summed E-state index contributed by atoms with van der Waals surface area (Å²) in [5.74, 6) is -0.909. The zero-order chi connectivity index (χ0) is 16.2. The Kier molecular flexibility index (Phi) is 5.66. The van der Waals surface area contributed by atoms with E-state index < -0.39 is 11.9 Å². The Labute approximate surface area is 129 Å². The second-order valence-electron chi connectivity index (χ2n) is 6.28. The number of nitrogens with two attached hydrogens (primary N) is 1. The molecule has 0 saturated carbocycles. The van der Waals surface area contributed by atoms with Crippen LogP contribution in [0.3, 0.4) is 0 Å². The van der Waals surface area contributed by atoms with E-state index in [1.807, 2.05) is 13.8 Å². The molecule has 21 heavy (non-hydrogen) atoms. The Bertz CT molecular complexity index is 541. The highest BCUT2D eigenvalue weighted by Crippen LogP contribution is 2.27. The summed E-state index contributed by atoms with van der Waals surface area (Å²) in [5.41, 5.74) is 5.25. The fraction of sp³-hybridized carbons (Fsp3) is 0.533. The van der Waals surface area contributed by atoms with E-state index in [9.17, 15) is 9.59 Å². The molecule has 1 atom stereocenters. The van der Waals surface area contributed by atoms with Gasteiger partial charge in [0.1, 0.15) is 6.04 Å². The Balaban J connectivity index is 2.70. The van der Waals surface area contributed by atoms with Crippen molar-refractivity contribution in [3.05, 3.63) is 22.2 Å². The summed E-state index contributed by atoms with van der Waals surface area (Å²) in [5, 5.41) is 3.62. The van der Waals surface area contributed by atoms with Crippen LogP contribution in [0.5, 0.6) is 0 Å². The van der Waals surface area contributed by atoms with E-state index in [1.165, 1.54) is 6.08 Å². The van der Waals surface area contributed by atoms with Gasteiger partial charge in [-0.2, -0.15) is 0 Å². The zero-order valence-corrected chi connectivity index (χ0v) is 14.0. The Hall–Kier alpha value is -1.69. The van der Waals surface area contributed by atoms with Crippen LogP contribution in [0.4, 0.5) is 0 Å². The zero-order valence-electron chi connectivity index (χ0n) is 13.1. The normalized spacial score (nSPS) is 13.6. The first kappa shape index (κ1) is 17.4. The van der Waals surface area contributed by atoms with Crippen LogP contribution in [0, 0.1) is 5.92 Å². The molecule has 1 unspecified atom stereocenters. The van der Waals surface area contributed by atoms with Crippen molar-refractivity contribution in [1.82, 2.24) is 10.3 Å². The van der Waals surface area contributed by atoms with Gasteiger partial charge in [0.15, 0.2) is 0 Å². The van der Waals surface area contributed by atoms with Crippen LogP contribution in [0.15, 0.2) is 12.3 Å². The Morgan fingerprint density at radius 3 is 2.43 bits per heavy atom. The fourth-order valence-corrected chi connectivity index (χ4v) is 2.51. The molecule has 1 rings (SSSR count). The summed E-state index contributed by atoms with van der Waals surface area (Å²) < 4.78 is 0. The van der Waals surface area contributed by atoms with Crippen molar-refractivity contribution in [1.29, 1.82) is 0 Å². The van der Waals surface area contributed by atoms with Gasteiger partial charge in [0.25, 0.3) is 0 Å². The number of aromatic nitrogens is 1. The molecule has 0 aliphatic rings. The van der Waals surface area contributed by atoms with Crippen molar-refractivity contribution >= 4 is 29.2 Å². The third-order valence-electron chi connectivity index (χ3n) is 2.84. The van der Waals surface area contributed by atoms with Crippen molar-refractivity contribution in [3.8, 4) is 0 Å². The van der Waals surface area contributed by atoms with E-state index >= 15 is 0 Å². The number of hydrogen-bond donors (Lipinski definition) is 2. The van der Waals surface area contributed by atoms with Crippen LogP contribution >= 0.6 is 11.3 Å². The van der Waals surface area contributed by atoms with Crippen LogP contribution in [0.2, 0.25) is 0 Å². The van der Waals surface area contributed by atoms with E-state index in [2.05, 4.69) is 31.1 Å². The second kappa shape index (κ2) is 6.85. The molecule has 0 aliphatic carbocycles. The lowest BCUT2D eigenvalue weighted by molar-refractivity contribution is -0.126.